The summed E-state index contributed by atoms with van der Waals surface area (Å²) in [6.45, 7) is 6.37. The zero-order valence-electron chi connectivity index (χ0n) is 17.5. The molecule has 1 aromatic heterocycles. The van der Waals surface area contributed by atoms with Crippen molar-refractivity contribution in [2.75, 3.05) is 22.5 Å². The van der Waals surface area contributed by atoms with E-state index < -0.39 is 23.1 Å². The minimum Gasteiger partial charge on any atom is -0.365 e. The molecule has 8 nitrogen and oxygen atoms in total. The number of nitrogens with zero attached hydrogens (tertiary/aromatic N) is 3. The molecule has 31 heavy (non-hydrogen) atoms. The number of rotatable bonds is 12. The van der Waals surface area contributed by atoms with Crippen molar-refractivity contribution in [2.45, 2.75) is 45.7 Å². The number of halogens is 3. The molecular weight excluding hydrogens is 411 g/mol. The lowest BCUT2D eigenvalue weighted by Gasteiger charge is -2.20. The Labute approximate surface area is 178 Å². The van der Waals surface area contributed by atoms with Crippen molar-refractivity contribution in [3.63, 3.8) is 0 Å². The Hall–Kier alpha value is -3.37. The number of hydrogen-bond acceptors (Lipinski definition) is 6. The van der Waals surface area contributed by atoms with Gasteiger partial charge in [-0.3, -0.25) is 4.79 Å². The minimum absolute atomic E-state index is 0.00118. The Morgan fingerprint density at radius 3 is 2.48 bits per heavy atom. The Morgan fingerprint density at radius 1 is 1.16 bits per heavy atom. The monoisotopic (exact) mass is 437 g/mol. The molecule has 0 saturated carbocycles. The standard InChI is InChI=1S/C20H26F3N7O/c1-4-14(5-6-24-11-31)29-19-17(9-25-20(30-19)28-12(2)3)26-10-27-18-15(22)7-13(21)8-16(18)23/h7-12,14H,4-6H2,1-3H3,(H,24,31)(H,26,27)(H2,25,28,29,30). The molecule has 0 aliphatic rings. The van der Waals surface area contributed by atoms with Gasteiger partial charge in [0, 0.05) is 30.8 Å². The first kappa shape index (κ1) is 23.9. The highest BCUT2D eigenvalue weighted by Gasteiger charge is 2.13. The molecule has 0 aliphatic carbocycles. The lowest BCUT2D eigenvalue weighted by atomic mass is 10.1. The fourth-order valence-corrected chi connectivity index (χ4v) is 2.64. The predicted octanol–water partition coefficient (Wildman–Crippen LogP) is 3.81. The minimum atomic E-state index is -1.12. The van der Waals surface area contributed by atoms with E-state index in [1.807, 2.05) is 20.8 Å². The van der Waals surface area contributed by atoms with Gasteiger partial charge in [-0.05, 0) is 26.7 Å². The molecule has 1 heterocycles. The third-order valence-corrected chi connectivity index (χ3v) is 4.16. The van der Waals surface area contributed by atoms with E-state index in [1.54, 1.807) is 0 Å². The maximum Gasteiger partial charge on any atom is 0.224 e. The van der Waals surface area contributed by atoms with Crippen molar-refractivity contribution < 1.29 is 18.0 Å². The number of amides is 1. The van der Waals surface area contributed by atoms with Crippen LogP contribution in [0.2, 0.25) is 0 Å². The van der Waals surface area contributed by atoms with Gasteiger partial charge in [0.25, 0.3) is 0 Å². The van der Waals surface area contributed by atoms with Crippen LogP contribution in [-0.2, 0) is 4.79 Å². The Bertz CT molecular complexity index is 885. The number of aliphatic imine (C=N–C) groups is 1. The number of nitrogens with one attached hydrogen (secondary N) is 4. The van der Waals surface area contributed by atoms with Gasteiger partial charge in [0.2, 0.25) is 12.4 Å². The number of carbonyl (C=O) groups is 1. The van der Waals surface area contributed by atoms with E-state index in [9.17, 15) is 18.0 Å². The second kappa shape index (κ2) is 11.7. The highest BCUT2D eigenvalue weighted by Crippen LogP contribution is 2.24. The van der Waals surface area contributed by atoms with Crippen LogP contribution in [0.5, 0.6) is 0 Å². The maximum absolute atomic E-state index is 13.8. The van der Waals surface area contributed by atoms with Crippen molar-refractivity contribution in [3.8, 4) is 0 Å². The lowest BCUT2D eigenvalue weighted by molar-refractivity contribution is -0.109. The van der Waals surface area contributed by atoms with Gasteiger partial charge in [0.1, 0.15) is 17.2 Å². The van der Waals surface area contributed by atoms with E-state index in [1.165, 1.54) is 6.20 Å². The fourth-order valence-electron chi connectivity index (χ4n) is 2.64. The Morgan fingerprint density at radius 2 is 1.87 bits per heavy atom. The molecule has 0 aliphatic heterocycles. The van der Waals surface area contributed by atoms with Crippen LogP contribution in [0, 0.1) is 17.5 Å². The molecule has 11 heteroatoms. The lowest BCUT2D eigenvalue weighted by Crippen LogP contribution is -2.26. The number of hydrogen-bond donors (Lipinski definition) is 4. The van der Waals surface area contributed by atoms with E-state index in [4.69, 9.17) is 0 Å². The van der Waals surface area contributed by atoms with Crippen molar-refractivity contribution >= 4 is 35.9 Å². The van der Waals surface area contributed by atoms with Gasteiger partial charge in [-0.15, -0.1) is 0 Å². The first-order valence-corrected chi connectivity index (χ1v) is 9.84. The second-order valence-electron chi connectivity index (χ2n) is 6.99. The molecule has 1 unspecified atom stereocenters. The van der Waals surface area contributed by atoms with Crippen molar-refractivity contribution in [1.82, 2.24) is 15.3 Å². The summed E-state index contributed by atoms with van der Waals surface area (Å²) in [6.07, 6.45) is 4.63. The quantitative estimate of drug-likeness (QED) is 0.174. The normalized spacial score (nSPS) is 12.1. The maximum atomic E-state index is 13.8. The Balaban J connectivity index is 2.23. The van der Waals surface area contributed by atoms with Crippen LogP contribution in [-0.4, -0.2) is 41.3 Å². The highest BCUT2D eigenvalue weighted by atomic mass is 19.1. The zero-order chi connectivity index (χ0) is 22.8. The molecule has 0 spiro atoms. The number of carbonyl (C=O) groups excluding carboxylic acids is 1. The molecule has 2 aromatic rings. The molecule has 168 valence electrons. The van der Waals surface area contributed by atoms with Gasteiger partial charge >= 0.3 is 0 Å². The molecule has 0 saturated heterocycles. The third kappa shape index (κ3) is 7.43. The van der Waals surface area contributed by atoms with Crippen LogP contribution in [0.3, 0.4) is 0 Å². The SMILES string of the molecule is CCC(CCNC=O)Nc1nc(NC(C)C)ncc1NC=Nc1c(F)cc(F)cc1F. The Kier molecular flexibility index (Phi) is 9.04. The van der Waals surface area contributed by atoms with Crippen LogP contribution < -0.4 is 21.3 Å². The highest BCUT2D eigenvalue weighted by molar-refractivity contribution is 5.83. The summed E-state index contributed by atoms with van der Waals surface area (Å²) >= 11 is 0. The van der Waals surface area contributed by atoms with E-state index in [-0.39, 0.29) is 12.1 Å². The van der Waals surface area contributed by atoms with Gasteiger partial charge in [-0.25, -0.2) is 23.1 Å². The average Bonchev–Trinajstić information content (AvgIpc) is 2.70. The van der Waals surface area contributed by atoms with Crippen molar-refractivity contribution in [1.29, 1.82) is 0 Å². The molecule has 1 atom stereocenters. The van der Waals surface area contributed by atoms with Crippen molar-refractivity contribution in [2.24, 2.45) is 4.99 Å². The molecular formula is C20H26F3N7O. The predicted molar refractivity (Wildman–Crippen MR) is 115 cm³/mol. The molecule has 4 N–H and O–H groups in total. The second-order valence-corrected chi connectivity index (χ2v) is 6.99. The summed E-state index contributed by atoms with van der Waals surface area (Å²) in [5, 5.41) is 11.8. The molecule has 0 fully saturated rings. The molecule has 1 amide bonds. The fraction of sp³-hybridized carbons (Fsp3) is 0.400. The van der Waals surface area contributed by atoms with E-state index in [2.05, 4.69) is 36.2 Å². The molecule has 2 rings (SSSR count). The summed E-state index contributed by atoms with van der Waals surface area (Å²) in [5.74, 6) is -2.41. The smallest absolute Gasteiger partial charge is 0.224 e. The van der Waals surface area contributed by atoms with Gasteiger partial charge in [0.05, 0.1) is 12.5 Å². The average molecular weight is 437 g/mol. The van der Waals surface area contributed by atoms with Crippen LogP contribution in [0.1, 0.15) is 33.6 Å². The summed E-state index contributed by atoms with van der Waals surface area (Å²) in [6, 6.07) is 1.21. The topological polar surface area (TPSA) is 103 Å². The van der Waals surface area contributed by atoms with E-state index in [0.717, 1.165) is 12.8 Å². The number of aromatic nitrogens is 2. The summed E-state index contributed by atoms with van der Waals surface area (Å²) < 4.78 is 40.6. The molecule has 0 bridgehead atoms. The van der Waals surface area contributed by atoms with Crippen LogP contribution >= 0.6 is 0 Å². The number of benzene rings is 1. The summed E-state index contributed by atoms with van der Waals surface area (Å²) in [4.78, 5) is 22.9. The largest absolute Gasteiger partial charge is 0.365 e. The van der Waals surface area contributed by atoms with Crippen LogP contribution in [0.4, 0.5) is 36.3 Å². The van der Waals surface area contributed by atoms with Gasteiger partial charge in [-0.1, -0.05) is 6.92 Å². The van der Waals surface area contributed by atoms with Crippen LogP contribution in [0.15, 0.2) is 23.3 Å². The summed E-state index contributed by atoms with van der Waals surface area (Å²) in [7, 11) is 0. The summed E-state index contributed by atoms with van der Waals surface area (Å²) in [5.41, 5.74) is -0.198. The molecule has 0 radical (unpaired) electrons. The third-order valence-electron chi connectivity index (χ3n) is 4.16. The van der Waals surface area contributed by atoms with Crippen molar-refractivity contribution in [3.05, 3.63) is 35.8 Å². The zero-order valence-corrected chi connectivity index (χ0v) is 17.5. The first-order valence-electron chi connectivity index (χ1n) is 9.84. The molecule has 1 aromatic carbocycles. The van der Waals surface area contributed by atoms with E-state index in [0.29, 0.717) is 49.0 Å². The van der Waals surface area contributed by atoms with E-state index >= 15 is 0 Å². The number of anilines is 3. The van der Waals surface area contributed by atoms with Crippen LogP contribution in [0.25, 0.3) is 0 Å². The van der Waals surface area contributed by atoms with Gasteiger partial charge < -0.3 is 21.3 Å². The van der Waals surface area contributed by atoms with Gasteiger partial charge in [-0.2, -0.15) is 4.98 Å². The van der Waals surface area contributed by atoms with Gasteiger partial charge in [0.15, 0.2) is 17.5 Å². The first-order chi connectivity index (χ1) is 14.8.